The molecule has 3 aromatic rings. The lowest BCUT2D eigenvalue weighted by atomic mass is 9.79. The molecular formula is C33H43N7O6. The third kappa shape index (κ3) is 7.34. The maximum atomic E-state index is 12.8. The van der Waals surface area contributed by atoms with Crippen LogP contribution in [-0.4, -0.2) is 76.1 Å². The van der Waals surface area contributed by atoms with Crippen molar-refractivity contribution < 1.29 is 28.3 Å². The van der Waals surface area contributed by atoms with E-state index in [4.69, 9.17) is 18.7 Å². The first-order valence-electron chi connectivity index (χ1n) is 16.2. The number of aromatic nitrogens is 4. The van der Waals surface area contributed by atoms with Crippen LogP contribution in [0.1, 0.15) is 82.4 Å². The number of carbonyl (C=O) groups is 2. The number of hydrogen-bond donors (Lipinski definition) is 1. The van der Waals surface area contributed by atoms with Crippen LogP contribution in [0, 0.1) is 5.92 Å². The molecular weight excluding hydrogens is 590 g/mol. The summed E-state index contributed by atoms with van der Waals surface area (Å²) in [6.07, 6.45) is 7.87. The number of nitrogens with one attached hydrogen (secondary N) is 1. The predicted octanol–water partition coefficient (Wildman–Crippen LogP) is 4.88. The Morgan fingerprint density at radius 1 is 1.02 bits per heavy atom. The zero-order valence-corrected chi connectivity index (χ0v) is 27.0. The summed E-state index contributed by atoms with van der Waals surface area (Å²) in [5, 5.41) is 7.17. The molecule has 2 aromatic heterocycles. The lowest BCUT2D eigenvalue weighted by Crippen LogP contribution is -2.41. The smallest absolute Gasteiger partial charge is 0.407 e. The number of esters is 1. The average Bonchev–Trinajstić information content (AvgIpc) is 3.69. The highest BCUT2D eigenvalue weighted by atomic mass is 16.6. The number of ether oxygens (including phenoxy) is 3. The van der Waals surface area contributed by atoms with E-state index in [0.717, 1.165) is 45.3 Å². The largest absolute Gasteiger partial charge is 0.487 e. The fraction of sp³-hybridized carbons (Fsp3) is 0.576. The number of alkyl carbamates (subject to hydrolysis) is 1. The molecule has 0 bridgehead atoms. The van der Waals surface area contributed by atoms with Crippen molar-refractivity contribution in [3.8, 4) is 5.75 Å². The number of carbonyl (C=O) groups excluding carboxylic acids is 2. The van der Waals surface area contributed by atoms with Crippen molar-refractivity contribution >= 4 is 24.0 Å². The molecule has 3 aliphatic rings. The Hall–Kier alpha value is -4.42. The Kier molecular flexibility index (Phi) is 9.01. The van der Waals surface area contributed by atoms with Crippen LogP contribution in [0.3, 0.4) is 0 Å². The Morgan fingerprint density at radius 2 is 1.72 bits per heavy atom. The van der Waals surface area contributed by atoms with E-state index in [0.29, 0.717) is 54.4 Å². The molecule has 0 unspecified atom stereocenters. The second kappa shape index (κ2) is 13.1. The first kappa shape index (κ1) is 31.6. The first-order valence-corrected chi connectivity index (χ1v) is 16.2. The molecule has 4 heterocycles. The van der Waals surface area contributed by atoms with Gasteiger partial charge in [-0.2, -0.15) is 4.98 Å². The minimum atomic E-state index is -0.833. The lowest BCUT2D eigenvalue weighted by Gasteiger charge is -2.38. The van der Waals surface area contributed by atoms with E-state index < -0.39 is 17.3 Å². The monoisotopic (exact) mass is 633 g/mol. The van der Waals surface area contributed by atoms with Gasteiger partial charge in [-0.05, 0) is 84.3 Å². The molecule has 0 spiro atoms. The molecule has 46 heavy (non-hydrogen) atoms. The summed E-state index contributed by atoms with van der Waals surface area (Å²) in [4.78, 5) is 42.8. The van der Waals surface area contributed by atoms with Crippen LogP contribution in [0.25, 0.3) is 0 Å². The maximum absolute atomic E-state index is 12.8. The molecule has 6 rings (SSSR count). The summed E-state index contributed by atoms with van der Waals surface area (Å²) in [5.74, 6) is 1.63. The van der Waals surface area contributed by atoms with Gasteiger partial charge in [0.05, 0.1) is 30.1 Å². The number of anilines is 2. The van der Waals surface area contributed by atoms with E-state index in [1.807, 2.05) is 43.9 Å². The molecule has 1 saturated carbocycles. The van der Waals surface area contributed by atoms with Gasteiger partial charge in [0.2, 0.25) is 11.8 Å². The molecule has 2 saturated heterocycles. The van der Waals surface area contributed by atoms with E-state index >= 15 is 0 Å². The molecule has 246 valence electrons. The lowest BCUT2D eigenvalue weighted by molar-refractivity contribution is -0.0737. The van der Waals surface area contributed by atoms with E-state index in [9.17, 15) is 9.59 Å². The van der Waals surface area contributed by atoms with E-state index in [-0.39, 0.29) is 18.1 Å². The molecule has 1 aromatic carbocycles. The minimum Gasteiger partial charge on any atom is -0.487 e. The van der Waals surface area contributed by atoms with Crippen molar-refractivity contribution in [1.82, 2.24) is 25.4 Å². The molecule has 2 aliphatic heterocycles. The molecule has 1 aliphatic carbocycles. The van der Waals surface area contributed by atoms with E-state index in [1.165, 1.54) is 0 Å². The fourth-order valence-corrected chi connectivity index (χ4v) is 6.15. The van der Waals surface area contributed by atoms with Crippen LogP contribution >= 0.6 is 0 Å². The van der Waals surface area contributed by atoms with Crippen LogP contribution in [0.15, 0.2) is 47.2 Å². The van der Waals surface area contributed by atoms with E-state index in [1.54, 1.807) is 24.5 Å². The third-order valence-corrected chi connectivity index (χ3v) is 8.88. The second-order valence-corrected chi connectivity index (χ2v) is 13.4. The number of rotatable bonds is 9. The van der Waals surface area contributed by atoms with Gasteiger partial charge in [-0.3, -0.25) is 0 Å². The Balaban J connectivity index is 0.966. The van der Waals surface area contributed by atoms with Crippen molar-refractivity contribution in [3.63, 3.8) is 0 Å². The topological polar surface area (TPSA) is 145 Å². The standard InChI is InChI=1S/C33H43N7O6/c1-22(43-26-19-34-29(35-20-26)40-18-13-25(21-40)36-31(42)45-32(2,3)4)23-11-16-39(17-12-23)30-37-28(38-46-30)33(14-8-15-33)44-27(41)24-9-6-5-7-10-24/h5-7,9-10,19-20,22-23,25H,8,11-18,21H2,1-4H3,(H,36,42)/t22-,25+/m0/s1. The van der Waals surface area contributed by atoms with Gasteiger partial charge in [0, 0.05) is 26.2 Å². The van der Waals surface area contributed by atoms with Crippen molar-refractivity contribution in [2.45, 2.75) is 89.6 Å². The summed E-state index contributed by atoms with van der Waals surface area (Å²) >= 11 is 0. The molecule has 3 fully saturated rings. The average molecular weight is 634 g/mol. The van der Waals surface area contributed by atoms with Crippen LogP contribution in [0.2, 0.25) is 0 Å². The van der Waals surface area contributed by atoms with Crippen LogP contribution in [0.4, 0.5) is 16.8 Å². The molecule has 2 atom stereocenters. The zero-order valence-electron chi connectivity index (χ0n) is 27.0. The highest BCUT2D eigenvalue weighted by Gasteiger charge is 2.47. The van der Waals surface area contributed by atoms with Crippen LogP contribution in [0.5, 0.6) is 5.75 Å². The molecule has 13 nitrogen and oxygen atoms in total. The summed E-state index contributed by atoms with van der Waals surface area (Å²) in [7, 11) is 0. The van der Waals surface area contributed by atoms with Gasteiger partial charge < -0.3 is 33.9 Å². The maximum Gasteiger partial charge on any atom is 0.407 e. The predicted molar refractivity (Wildman–Crippen MR) is 169 cm³/mol. The highest BCUT2D eigenvalue weighted by Crippen LogP contribution is 2.44. The van der Waals surface area contributed by atoms with Crippen molar-refractivity contribution in [2.75, 3.05) is 36.0 Å². The van der Waals surface area contributed by atoms with Gasteiger partial charge in [0.1, 0.15) is 5.60 Å². The van der Waals surface area contributed by atoms with E-state index in [2.05, 4.69) is 37.2 Å². The molecule has 0 radical (unpaired) electrons. The quantitative estimate of drug-likeness (QED) is 0.321. The van der Waals surface area contributed by atoms with Gasteiger partial charge >= 0.3 is 18.1 Å². The third-order valence-electron chi connectivity index (χ3n) is 8.88. The first-order chi connectivity index (χ1) is 22.1. The Bertz CT molecular complexity index is 1480. The van der Waals surface area contributed by atoms with Crippen LogP contribution in [-0.2, 0) is 15.1 Å². The van der Waals surface area contributed by atoms with Gasteiger partial charge in [-0.1, -0.05) is 23.4 Å². The zero-order chi connectivity index (χ0) is 32.3. The number of hydrogen-bond acceptors (Lipinski definition) is 12. The van der Waals surface area contributed by atoms with Gasteiger partial charge in [-0.25, -0.2) is 19.6 Å². The second-order valence-electron chi connectivity index (χ2n) is 13.4. The molecule has 1 amide bonds. The van der Waals surface area contributed by atoms with Gasteiger partial charge in [0.25, 0.3) is 0 Å². The summed E-state index contributed by atoms with van der Waals surface area (Å²) in [5.41, 5.74) is -0.858. The number of nitrogens with zero attached hydrogens (tertiary/aromatic N) is 6. The fourth-order valence-electron chi connectivity index (χ4n) is 6.15. The number of amides is 1. The van der Waals surface area contributed by atoms with Crippen LogP contribution < -0.4 is 19.9 Å². The highest BCUT2D eigenvalue weighted by molar-refractivity contribution is 5.89. The molecule has 1 N–H and O–H groups in total. The summed E-state index contributed by atoms with van der Waals surface area (Å²) < 4.78 is 23.2. The summed E-state index contributed by atoms with van der Waals surface area (Å²) in [6.45, 7) is 10.5. The Labute approximate surface area is 269 Å². The van der Waals surface area contributed by atoms with Crippen molar-refractivity contribution in [2.24, 2.45) is 5.92 Å². The summed E-state index contributed by atoms with van der Waals surface area (Å²) in [6, 6.07) is 9.42. The normalized spacial score (nSPS) is 20.5. The number of piperidine rings is 1. The van der Waals surface area contributed by atoms with Crippen molar-refractivity contribution in [3.05, 3.63) is 54.1 Å². The Morgan fingerprint density at radius 3 is 2.37 bits per heavy atom. The van der Waals surface area contributed by atoms with Gasteiger partial charge in [-0.15, -0.1) is 0 Å². The minimum absolute atomic E-state index is 0.0180. The van der Waals surface area contributed by atoms with Gasteiger partial charge in [0.15, 0.2) is 11.4 Å². The van der Waals surface area contributed by atoms with Crippen molar-refractivity contribution in [1.29, 1.82) is 0 Å². The number of benzene rings is 1. The molecule has 13 heteroatoms. The SMILES string of the molecule is C[C@H](Oc1cnc(N2CC[C@@H](NC(=O)OC(C)(C)C)C2)nc1)C1CCN(c2nc(C3(OC(=O)c4ccccc4)CCC3)no2)CC1.